The Balaban J connectivity index is 2.55. The van der Waals surface area contributed by atoms with E-state index in [2.05, 4.69) is 27.7 Å². The Labute approximate surface area is 82.9 Å². The minimum absolute atomic E-state index is 0.455. The van der Waals surface area contributed by atoms with Crippen molar-refractivity contribution in [3.8, 4) is 0 Å². The van der Waals surface area contributed by atoms with Crippen molar-refractivity contribution in [1.82, 2.24) is 0 Å². The third kappa shape index (κ3) is 2.70. The van der Waals surface area contributed by atoms with E-state index < -0.39 is 0 Å². The van der Waals surface area contributed by atoms with Crippen LogP contribution in [0.2, 0.25) is 0 Å². The van der Waals surface area contributed by atoms with Gasteiger partial charge < -0.3 is 4.74 Å². The van der Waals surface area contributed by atoms with Crippen LogP contribution in [0.5, 0.6) is 0 Å². The van der Waals surface area contributed by atoms with E-state index in [4.69, 9.17) is 4.74 Å². The van der Waals surface area contributed by atoms with Gasteiger partial charge in [0.2, 0.25) is 0 Å². The van der Waals surface area contributed by atoms with Crippen LogP contribution in [0.1, 0.15) is 47.0 Å². The number of rotatable bonds is 1. The van der Waals surface area contributed by atoms with Crippen LogP contribution in [0, 0.1) is 17.3 Å². The van der Waals surface area contributed by atoms with Gasteiger partial charge in [-0.05, 0) is 36.5 Å². The van der Waals surface area contributed by atoms with Gasteiger partial charge in [0.25, 0.3) is 0 Å². The number of hydrogen-bond donors (Lipinski definition) is 0. The molecule has 0 saturated heterocycles. The maximum Gasteiger partial charge on any atom is 0.0599 e. The first-order chi connectivity index (χ1) is 5.95. The van der Waals surface area contributed by atoms with E-state index in [1.165, 1.54) is 19.3 Å². The monoisotopic (exact) mass is 184 g/mol. The average Bonchev–Trinajstić information content (AvgIpc) is 2.03. The molecule has 0 amide bonds. The SMILES string of the molecule is CO[C@@H]1C[C@H](C(C)(C)C)CCC1C. The summed E-state index contributed by atoms with van der Waals surface area (Å²) >= 11 is 0. The van der Waals surface area contributed by atoms with Crippen molar-refractivity contribution in [2.75, 3.05) is 7.11 Å². The molecule has 1 unspecified atom stereocenters. The quantitative estimate of drug-likeness (QED) is 0.606. The standard InChI is InChI=1S/C12H24O/c1-9-6-7-10(12(2,3)4)8-11(9)13-5/h9-11H,6-8H2,1-5H3/t9?,10-,11-/m1/s1. The summed E-state index contributed by atoms with van der Waals surface area (Å²) in [5.74, 6) is 1.59. The summed E-state index contributed by atoms with van der Waals surface area (Å²) in [5, 5.41) is 0. The Morgan fingerprint density at radius 1 is 1.15 bits per heavy atom. The molecule has 78 valence electrons. The summed E-state index contributed by atoms with van der Waals surface area (Å²) < 4.78 is 5.53. The van der Waals surface area contributed by atoms with E-state index in [1.54, 1.807) is 0 Å². The predicted octanol–water partition coefficient (Wildman–Crippen LogP) is 3.48. The molecule has 0 aliphatic heterocycles. The minimum atomic E-state index is 0.455. The highest BCUT2D eigenvalue weighted by Crippen LogP contribution is 2.40. The minimum Gasteiger partial charge on any atom is -0.381 e. The topological polar surface area (TPSA) is 9.23 Å². The lowest BCUT2D eigenvalue weighted by molar-refractivity contribution is -0.0116. The third-order valence-corrected chi connectivity index (χ3v) is 3.65. The van der Waals surface area contributed by atoms with Crippen molar-refractivity contribution in [1.29, 1.82) is 0 Å². The lowest BCUT2D eigenvalue weighted by atomic mass is 9.69. The molecule has 1 saturated carbocycles. The van der Waals surface area contributed by atoms with Crippen molar-refractivity contribution in [3.63, 3.8) is 0 Å². The van der Waals surface area contributed by atoms with E-state index in [-0.39, 0.29) is 0 Å². The van der Waals surface area contributed by atoms with E-state index in [0.29, 0.717) is 11.5 Å². The van der Waals surface area contributed by atoms with E-state index in [9.17, 15) is 0 Å². The first kappa shape index (κ1) is 11.0. The van der Waals surface area contributed by atoms with Crippen LogP contribution in [-0.2, 0) is 4.74 Å². The lowest BCUT2D eigenvalue weighted by Gasteiger charge is -2.40. The molecule has 1 aliphatic rings. The fraction of sp³-hybridized carbons (Fsp3) is 1.00. The third-order valence-electron chi connectivity index (χ3n) is 3.65. The molecule has 1 aliphatic carbocycles. The second-order valence-electron chi connectivity index (χ2n) is 5.63. The summed E-state index contributed by atoms with van der Waals surface area (Å²) in [5.41, 5.74) is 0.455. The highest BCUT2D eigenvalue weighted by atomic mass is 16.5. The van der Waals surface area contributed by atoms with Crippen molar-refractivity contribution in [2.24, 2.45) is 17.3 Å². The molecule has 0 aromatic heterocycles. The van der Waals surface area contributed by atoms with Gasteiger partial charge in [-0.2, -0.15) is 0 Å². The summed E-state index contributed by atoms with van der Waals surface area (Å²) in [6, 6.07) is 0. The zero-order valence-electron chi connectivity index (χ0n) is 9.76. The molecule has 0 bridgehead atoms. The zero-order chi connectivity index (χ0) is 10.1. The fourth-order valence-corrected chi connectivity index (χ4v) is 2.40. The molecule has 1 heteroatoms. The maximum atomic E-state index is 5.53. The van der Waals surface area contributed by atoms with Crippen molar-refractivity contribution >= 4 is 0 Å². The van der Waals surface area contributed by atoms with Crippen LogP contribution in [0.15, 0.2) is 0 Å². The highest BCUT2D eigenvalue weighted by Gasteiger charge is 2.33. The smallest absolute Gasteiger partial charge is 0.0599 e. The Morgan fingerprint density at radius 3 is 2.23 bits per heavy atom. The van der Waals surface area contributed by atoms with Gasteiger partial charge in [-0.3, -0.25) is 0 Å². The molecule has 1 fully saturated rings. The van der Waals surface area contributed by atoms with Crippen molar-refractivity contribution in [2.45, 2.75) is 53.1 Å². The van der Waals surface area contributed by atoms with Crippen LogP contribution >= 0.6 is 0 Å². The Bertz CT molecular complexity index is 157. The molecule has 0 radical (unpaired) electrons. The van der Waals surface area contributed by atoms with Gasteiger partial charge in [0, 0.05) is 7.11 Å². The van der Waals surface area contributed by atoms with Crippen molar-refractivity contribution < 1.29 is 4.74 Å². The van der Waals surface area contributed by atoms with Gasteiger partial charge in [-0.25, -0.2) is 0 Å². The Kier molecular flexibility index (Phi) is 3.39. The first-order valence-corrected chi connectivity index (χ1v) is 5.48. The van der Waals surface area contributed by atoms with Gasteiger partial charge in [0.15, 0.2) is 0 Å². The van der Waals surface area contributed by atoms with E-state index in [0.717, 1.165) is 11.8 Å². The van der Waals surface area contributed by atoms with Crippen LogP contribution in [0.4, 0.5) is 0 Å². The summed E-state index contributed by atoms with van der Waals surface area (Å²) in [6.07, 6.45) is 4.46. The molecule has 13 heavy (non-hydrogen) atoms. The Hall–Kier alpha value is -0.0400. The Morgan fingerprint density at radius 2 is 1.77 bits per heavy atom. The highest BCUT2D eigenvalue weighted by molar-refractivity contribution is 4.84. The molecule has 1 nitrogen and oxygen atoms in total. The molecule has 0 heterocycles. The average molecular weight is 184 g/mol. The number of hydrogen-bond acceptors (Lipinski definition) is 1. The molecule has 3 atom stereocenters. The zero-order valence-corrected chi connectivity index (χ0v) is 9.76. The molecular weight excluding hydrogens is 160 g/mol. The van der Waals surface area contributed by atoms with E-state index in [1.807, 2.05) is 7.11 Å². The number of methoxy groups -OCH3 is 1. The second kappa shape index (κ2) is 4.00. The number of ether oxygens (including phenoxy) is 1. The van der Waals surface area contributed by atoms with Crippen LogP contribution in [0.25, 0.3) is 0 Å². The van der Waals surface area contributed by atoms with E-state index >= 15 is 0 Å². The maximum absolute atomic E-state index is 5.53. The summed E-state index contributed by atoms with van der Waals surface area (Å²) in [4.78, 5) is 0. The first-order valence-electron chi connectivity index (χ1n) is 5.48. The summed E-state index contributed by atoms with van der Waals surface area (Å²) in [6.45, 7) is 9.36. The second-order valence-corrected chi connectivity index (χ2v) is 5.63. The fourth-order valence-electron chi connectivity index (χ4n) is 2.40. The molecule has 0 N–H and O–H groups in total. The lowest BCUT2D eigenvalue weighted by Crippen LogP contribution is -2.34. The van der Waals surface area contributed by atoms with Gasteiger partial charge in [-0.15, -0.1) is 0 Å². The van der Waals surface area contributed by atoms with Crippen LogP contribution in [0.3, 0.4) is 0 Å². The van der Waals surface area contributed by atoms with Crippen LogP contribution in [-0.4, -0.2) is 13.2 Å². The largest absolute Gasteiger partial charge is 0.381 e. The predicted molar refractivity (Wildman–Crippen MR) is 56.8 cm³/mol. The van der Waals surface area contributed by atoms with Crippen molar-refractivity contribution in [3.05, 3.63) is 0 Å². The van der Waals surface area contributed by atoms with Gasteiger partial charge in [0.1, 0.15) is 0 Å². The van der Waals surface area contributed by atoms with Gasteiger partial charge >= 0.3 is 0 Å². The molecule has 0 aromatic rings. The summed E-state index contributed by atoms with van der Waals surface area (Å²) in [7, 11) is 1.85. The molecule has 1 rings (SSSR count). The molecule has 0 aromatic carbocycles. The van der Waals surface area contributed by atoms with Crippen LogP contribution < -0.4 is 0 Å². The van der Waals surface area contributed by atoms with Gasteiger partial charge in [0.05, 0.1) is 6.10 Å². The molecule has 0 spiro atoms. The normalized spacial score (nSPS) is 36.2. The van der Waals surface area contributed by atoms with Gasteiger partial charge in [-0.1, -0.05) is 27.7 Å². The molecular formula is C12H24O.